The average molecular weight is 259 g/mol. The Balaban J connectivity index is 4.72. The molecule has 18 heavy (non-hydrogen) atoms. The molecule has 0 saturated heterocycles. The summed E-state index contributed by atoms with van der Waals surface area (Å²) in [7, 11) is 0. The van der Waals surface area contributed by atoms with Crippen LogP contribution in [0.1, 0.15) is 27.7 Å². The number of hydrogen-bond donors (Lipinski definition) is 3. The van der Waals surface area contributed by atoms with Crippen molar-refractivity contribution < 1.29 is 19.5 Å². The zero-order valence-electron chi connectivity index (χ0n) is 11.2. The van der Waals surface area contributed by atoms with Crippen LogP contribution in [0, 0.1) is 0 Å². The lowest BCUT2D eigenvalue weighted by Crippen LogP contribution is -2.53. The predicted molar refractivity (Wildman–Crippen MR) is 65.8 cm³/mol. The molecule has 7 heteroatoms. The summed E-state index contributed by atoms with van der Waals surface area (Å²) in [5, 5.41) is 11.5. The third-order valence-electron chi connectivity index (χ3n) is 2.12. The highest BCUT2D eigenvalue weighted by Gasteiger charge is 2.26. The van der Waals surface area contributed by atoms with Gasteiger partial charge < -0.3 is 16.2 Å². The van der Waals surface area contributed by atoms with Gasteiger partial charge in [-0.2, -0.15) is 0 Å². The molecule has 0 aromatic heterocycles. The van der Waals surface area contributed by atoms with E-state index < -0.39 is 30.0 Å². The Kier molecular flexibility index (Phi) is 5.77. The van der Waals surface area contributed by atoms with Gasteiger partial charge in [0, 0.05) is 5.54 Å². The molecule has 7 nitrogen and oxygen atoms in total. The smallest absolute Gasteiger partial charge is 0.317 e. The normalized spacial score (nSPS) is 13.2. The van der Waals surface area contributed by atoms with E-state index in [4.69, 9.17) is 10.8 Å². The summed E-state index contributed by atoms with van der Waals surface area (Å²) in [5.74, 6) is -2.14. The van der Waals surface area contributed by atoms with Crippen molar-refractivity contribution in [3.63, 3.8) is 0 Å². The number of nitrogens with zero attached hydrogens (tertiary/aromatic N) is 1. The summed E-state index contributed by atoms with van der Waals surface area (Å²) in [5.41, 5.74) is 4.61. The number of nitrogens with one attached hydrogen (secondary N) is 1. The number of aliphatic carboxylic acids is 1. The Morgan fingerprint density at radius 2 is 1.78 bits per heavy atom. The summed E-state index contributed by atoms with van der Waals surface area (Å²) < 4.78 is 0. The van der Waals surface area contributed by atoms with Crippen LogP contribution in [-0.2, 0) is 14.4 Å². The van der Waals surface area contributed by atoms with Crippen LogP contribution in [0.3, 0.4) is 0 Å². The lowest BCUT2D eigenvalue weighted by Gasteiger charge is -2.29. The molecule has 1 atom stereocenters. The van der Waals surface area contributed by atoms with Crippen LogP contribution >= 0.6 is 0 Å². The van der Waals surface area contributed by atoms with Gasteiger partial charge in [0.25, 0.3) is 0 Å². The fourth-order valence-electron chi connectivity index (χ4n) is 1.34. The van der Waals surface area contributed by atoms with Crippen molar-refractivity contribution in [1.29, 1.82) is 0 Å². The highest BCUT2D eigenvalue weighted by molar-refractivity contribution is 5.84. The van der Waals surface area contributed by atoms with Gasteiger partial charge in [0.15, 0.2) is 0 Å². The van der Waals surface area contributed by atoms with Crippen molar-refractivity contribution in [3.8, 4) is 0 Å². The van der Waals surface area contributed by atoms with Gasteiger partial charge in [-0.15, -0.1) is 0 Å². The van der Waals surface area contributed by atoms with Gasteiger partial charge in [0.2, 0.25) is 11.8 Å². The van der Waals surface area contributed by atoms with Gasteiger partial charge in [0.05, 0.1) is 19.1 Å². The number of carbonyl (C=O) groups excluding carboxylic acids is 2. The van der Waals surface area contributed by atoms with Gasteiger partial charge in [0.1, 0.15) is 0 Å². The Morgan fingerprint density at radius 3 is 2.11 bits per heavy atom. The largest absolute Gasteiger partial charge is 0.480 e. The Labute approximate surface area is 106 Å². The van der Waals surface area contributed by atoms with E-state index in [0.29, 0.717) is 0 Å². The molecule has 0 aliphatic heterocycles. The molecular formula is C11H21N3O4. The number of primary amides is 1. The first-order chi connectivity index (χ1) is 8.03. The lowest BCUT2D eigenvalue weighted by atomic mass is 10.1. The standard InChI is InChI=1S/C11H21N3O4/c1-7(10(18)13-11(2,3)4)14(5-8(12)15)6-9(16)17/h7H,5-6H2,1-4H3,(H2,12,15)(H,13,18)(H,16,17). The summed E-state index contributed by atoms with van der Waals surface area (Å²) >= 11 is 0. The first-order valence-corrected chi connectivity index (χ1v) is 5.59. The molecule has 0 aromatic carbocycles. The molecule has 0 aliphatic carbocycles. The molecule has 1 unspecified atom stereocenters. The van der Waals surface area contributed by atoms with Crippen molar-refractivity contribution in [2.45, 2.75) is 39.3 Å². The molecule has 2 amide bonds. The number of hydrogen-bond acceptors (Lipinski definition) is 4. The van der Waals surface area contributed by atoms with Crippen LogP contribution in [-0.4, -0.2) is 52.5 Å². The highest BCUT2D eigenvalue weighted by atomic mass is 16.4. The van der Waals surface area contributed by atoms with Crippen LogP contribution in [0.25, 0.3) is 0 Å². The van der Waals surface area contributed by atoms with E-state index in [0.717, 1.165) is 0 Å². The molecule has 4 N–H and O–H groups in total. The highest BCUT2D eigenvalue weighted by Crippen LogP contribution is 2.04. The van der Waals surface area contributed by atoms with Gasteiger partial charge in [-0.3, -0.25) is 19.3 Å². The van der Waals surface area contributed by atoms with Crippen LogP contribution in [0.4, 0.5) is 0 Å². The van der Waals surface area contributed by atoms with Crippen molar-refractivity contribution in [2.24, 2.45) is 5.73 Å². The molecule has 0 heterocycles. The maximum absolute atomic E-state index is 11.9. The van der Waals surface area contributed by atoms with Crippen molar-refractivity contribution in [3.05, 3.63) is 0 Å². The predicted octanol–water partition coefficient (Wildman–Crippen LogP) is -0.838. The Morgan fingerprint density at radius 1 is 1.28 bits per heavy atom. The molecule has 104 valence electrons. The minimum atomic E-state index is -1.12. The number of rotatable bonds is 6. The topological polar surface area (TPSA) is 113 Å². The van der Waals surface area contributed by atoms with E-state index in [1.54, 1.807) is 0 Å². The molecule has 0 fully saturated rings. The lowest BCUT2D eigenvalue weighted by molar-refractivity contribution is -0.140. The summed E-state index contributed by atoms with van der Waals surface area (Å²) in [6.07, 6.45) is 0. The molecular weight excluding hydrogens is 238 g/mol. The average Bonchev–Trinajstić information content (AvgIpc) is 2.11. The second kappa shape index (κ2) is 6.34. The Hall–Kier alpha value is -1.63. The minimum Gasteiger partial charge on any atom is -0.480 e. The number of amides is 2. The Bertz CT molecular complexity index is 320. The van der Waals surface area contributed by atoms with Gasteiger partial charge in [-0.1, -0.05) is 0 Å². The second-order valence-electron chi connectivity index (χ2n) is 5.18. The SMILES string of the molecule is CC(C(=O)NC(C)(C)C)N(CC(N)=O)CC(=O)O. The van der Waals surface area contributed by atoms with E-state index in [-0.39, 0.29) is 12.5 Å². The quantitative estimate of drug-likeness (QED) is 0.576. The molecule has 0 saturated carbocycles. The molecule has 0 rings (SSSR count). The van der Waals surface area contributed by atoms with Crippen LogP contribution in [0.2, 0.25) is 0 Å². The molecule has 0 spiro atoms. The van der Waals surface area contributed by atoms with Gasteiger partial charge >= 0.3 is 5.97 Å². The summed E-state index contributed by atoms with van der Waals surface area (Å²) in [6.45, 7) is 6.29. The minimum absolute atomic E-state index is 0.273. The molecule has 0 radical (unpaired) electrons. The molecule has 0 bridgehead atoms. The first-order valence-electron chi connectivity index (χ1n) is 5.59. The third-order valence-corrected chi connectivity index (χ3v) is 2.12. The number of nitrogens with two attached hydrogens (primary N) is 1. The van der Waals surface area contributed by atoms with Crippen LogP contribution < -0.4 is 11.1 Å². The zero-order chi connectivity index (χ0) is 14.5. The third kappa shape index (κ3) is 6.85. The van der Waals surface area contributed by atoms with Gasteiger partial charge in [-0.05, 0) is 27.7 Å². The van der Waals surface area contributed by atoms with E-state index in [1.165, 1.54) is 11.8 Å². The van der Waals surface area contributed by atoms with E-state index in [9.17, 15) is 14.4 Å². The van der Waals surface area contributed by atoms with Crippen LogP contribution in [0.15, 0.2) is 0 Å². The van der Waals surface area contributed by atoms with Crippen molar-refractivity contribution in [1.82, 2.24) is 10.2 Å². The van der Waals surface area contributed by atoms with E-state index in [1.807, 2.05) is 20.8 Å². The fourth-order valence-corrected chi connectivity index (χ4v) is 1.34. The van der Waals surface area contributed by atoms with E-state index in [2.05, 4.69) is 5.32 Å². The zero-order valence-corrected chi connectivity index (χ0v) is 11.2. The molecule has 0 aromatic rings. The second-order valence-corrected chi connectivity index (χ2v) is 5.18. The van der Waals surface area contributed by atoms with E-state index >= 15 is 0 Å². The maximum atomic E-state index is 11.9. The van der Waals surface area contributed by atoms with Crippen LogP contribution in [0.5, 0.6) is 0 Å². The monoisotopic (exact) mass is 259 g/mol. The number of carbonyl (C=O) groups is 3. The summed E-state index contributed by atoms with van der Waals surface area (Å²) in [4.78, 5) is 34.6. The summed E-state index contributed by atoms with van der Waals surface area (Å²) in [6, 6.07) is -0.743. The van der Waals surface area contributed by atoms with Crippen molar-refractivity contribution in [2.75, 3.05) is 13.1 Å². The van der Waals surface area contributed by atoms with Crippen molar-refractivity contribution >= 4 is 17.8 Å². The number of carboxylic acid groups (broad SMARTS) is 1. The maximum Gasteiger partial charge on any atom is 0.317 e. The number of carboxylic acids is 1. The fraction of sp³-hybridized carbons (Fsp3) is 0.727. The first kappa shape index (κ1) is 16.4. The molecule has 0 aliphatic rings. The van der Waals surface area contributed by atoms with Gasteiger partial charge in [-0.25, -0.2) is 0 Å².